The molecule has 0 radical (unpaired) electrons. The Morgan fingerprint density at radius 2 is 1.80 bits per heavy atom. The maximum absolute atomic E-state index is 13.9. The number of sulfonamides is 1. The predicted octanol–water partition coefficient (Wildman–Crippen LogP) is 3.46. The third-order valence-electron chi connectivity index (χ3n) is 3.72. The first-order chi connectivity index (χ1) is 11.8. The smallest absolute Gasteiger partial charge is 0.218 e. The van der Waals surface area contributed by atoms with Gasteiger partial charge in [0.15, 0.2) is 11.5 Å². The van der Waals surface area contributed by atoms with Crippen LogP contribution in [0.2, 0.25) is 5.02 Å². The Kier molecular flexibility index (Phi) is 6.26. The summed E-state index contributed by atoms with van der Waals surface area (Å²) in [6.45, 7) is 0.106. The molecule has 0 fully saturated rings. The van der Waals surface area contributed by atoms with Crippen molar-refractivity contribution < 1.29 is 22.3 Å². The van der Waals surface area contributed by atoms with Gasteiger partial charge in [-0.1, -0.05) is 23.7 Å². The second kappa shape index (κ2) is 8.03. The summed E-state index contributed by atoms with van der Waals surface area (Å²) in [5.74, 6) is -0.101. The van der Waals surface area contributed by atoms with Crippen molar-refractivity contribution in [3.63, 3.8) is 0 Å². The average Bonchev–Trinajstić information content (AvgIpc) is 2.58. The van der Waals surface area contributed by atoms with E-state index in [9.17, 15) is 12.8 Å². The molecule has 25 heavy (non-hydrogen) atoms. The summed E-state index contributed by atoms with van der Waals surface area (Å²) >= 11 is 5.92. The lowest BCUT2D eigenvalue weighted by Gasteiger charge is -2.19. The van der Waals surface area contributed by atoms with Gasteiger partial charge in [0, 0.05) is 24.2 Å². The molecule has 0 aliphatic rings. The standard InChI is InChI=1S/C17H19ClFNO4S/c1-20(10-12-7-8-16(23-2)17(9-12)24-3)25(21,22)11-13-14(18)5-4-6-15(13)19/h4-9H,10-11H2,1-3H3. The van der Waals surface area contributed by atoms with E-state index < -0.39 is 21.6 Å². The van der Waals surface area contributed by atoms with Crippen LogP contribution in [0.1, 0.15) is 11.1 Å². The minimum Gasteiger partial charge on any atom is -0.493 e. The van der Waals surface area contributed by atoms with Crippen LogP contribution in [0.4, 0.5) is 4.39 Å². The maximum Gasteiger partial charge on any atom is 0.218 e. The van der Waals surface area contributed by atoms with E-state index in [1.54, 1.807) is 18.2 Å². The van der Waals surface area contributed by atoms with Crippen LogP contribution in [0.5, 0.6) is 11.5 Å². The second-order valence-corrected chi connectivity index (χ2v) is 7.88. The fourth-order valence-corrected chi connectivity index (χ4v) is 3.83. The molecule has 2 aromatic carbocycles. The van der Waals surface area contributed by atoms with E-state index >= 15 is 0 Å². The van der Waals surface area contributed by atoms with Crippen LogP contribution in [0.15, 0.2) is 36.4 Å². The second-order valence-electron chi connectivity index (χ2n) is 5.40. The molecule has 136 valence electrons. The van der Waals surface area contributed by atoms with Crippen molar-refractivity contribution in [3.8, 4) is 11.5 Å². The topological polar surface area (TPSA) is 55.8 Å². The highest BCUT2D eigenvalue weighted by molar-refractivity contribution is 7.88. The summed E-state index contributed by atoms with van der Waals surface area (Å²) in [5, 5.41) is 0.0862. The first kappa shape index (κ1) is 19.5. The minimum atomic E-state index is -3.75. The van der Waals surface area contributed by atoms with Gasteiger partial charge in [0.05, 0.1) is 20.0 Å². The molecule has 0 aliphatic heterocycles. The van der Waals surface area contributed by atoms with E-state index in [4.69, 9.17) is 21.1 Å². The molecule has 0 N–H and O–H groups in total. The summed E-state index contributed by atoms with van der Waals surface area (Å²) in [4.78, 5) is 0. The van der Waals surface area contributed by atoms with E-state index in [-0.39, 0.29) is 17.1 Å². The van der Waals surface area contributed by atoms with E-state index in [1.165, 1.54) is 39.5 Å². The molecule has 2 aromatic rings. The zero-order chi connectivity index (χ0) is 18.6. The molecule has 0 aromatic heterocycles. The summed E-state index contributed by atoms with van der Waals surface area (Å²) in [5.41, 5.74) is 0.673. The number of rotatable bonds is 7. The Hall–Kier alpha value is -1.83. The number of benzene rings is 2. The van der Waals surface area contributed by atoms with Crippen LogP contribution >= 0.6 is 11.6 Å². The highest BCUT2D eigenvalue weighted by atomic mass is 35.5. The largest absolute Gasteiger partial charge is 0.493 e. The Morgan fingerprint density at radius 3 is 2.40 bits per heavy atom. The van der Waals surface area contributed by atoms with E-state index in [1.807, 2.05) is 0 Å². The number of halogens is 2. The van der Waals surface area contributed by atoms with Crippen LogP contribution in [-0.4, -0.2) is 34.0 Å². The van der Waals surface area contributed by atoms with Gasteiger partial charge in [-0.15, -0.1) is 0 Å². The molecule has 0 saturated carbocycles. The Bertz CT molecular complexity index is 837. The lowest BCUT2D eigenvalue weighted by atomic mass is 10.2. The van der Waals surface area contributed by atoms with E-state index in [0.29, 0.717) is 17.1 Å². The molecule has 0 bridgehead atoms. The van der Waals surface area contributed by atoms with E-state index in [0.717, 1.165) is 4.31 Å². The Labute approximate surface area is 152 Å². The molecule has 8 heteroatoms. The van der Waals surface area contributed by atoms with Crippen molar-refractivity contribution in [1.29, 1.82) is 0 Å². The summed E-state index contributed by atoms with van der Waals surface area (Å²) in [7, 11) is 0.699. The molecule has 0 amide bonds. The summed E-state index contributed by atoms with van der Waals surface area (Å²) < 4.78 is 50.4. The molecule has 0 atom stereocenters. The van der Waals surface area contributed by atoms with Crippen LogP contribution in [0.3, 0.4) is 0 Å². The average molecular weight is 388 g/mol. The number of ether oxygens (including phenoxy) is 2. The zero-order valence-corrected chi connectivity index (χ0v) is 15.7. The van der Waals surface area contributed by atoms with Crippen molar-refractivity contribution >= 4 is 21.6 Å². The number of hydrogen-bond acceptors (Lipinski definition) is 4. The lowest BCUT2D eigenvalue weighted by molar-refractivity contribution is 0.354. The van der Waals surface area contributed by atoms with Crippen molar-refractivity contribution in [2.45, 2.75) is 12.3 Å². The number of hydrogen-bond donors (Lipinski definition) is 0. The monoisotopic (exact) mass is 387 g/mol. The zero-order valence-electron chi connectivity index (χ0n) is 14.1. The van der Waals surface area contributed by atoms with E-state index in [2.05, 4.69) is 0 Å². The maximum atomic E-state index is 13.9. The van der Waals surface area contributed by atoms with Gasteiger partial charge in [-0.05, 0) is 29.8 Å². The van der Waals surface area contributed by atoms with Crippen molar-refractivity contribution in [2.75, 3.05) is 21.3 Å². The molecule has 0 saturated heterocycles. The first-order valence-electron chi connectivity index (χ1n) is 7.36. The Balaban J connectivity index is 2.20. The Morgan fingerprint density at radius 1 is 1.12 bits per heavy atom. The van der Waals surface area contributed by atoms with Crippen molar-refractivity contribution in [2.24, 2.45) is 0 Å². The van der Waals surface area contributed by atoms with Gasteiger partial charge in [-0.2, -0.15) is 0 Å². The van der Waals surface area contributed by atoms with Gasteiger partial charge < -0.3 is 9.47 Å². The summed E-state index contributed by atoms with van der Waals surface area (Å²) in [6.07, 6.45) is 0. The third-order valence-corrected chi connectivity index (χ3v) is 5.80. The van der Waals surface area contributed by atoms with Crippen LogP contribution in [-0.2, 0) is 22.3 Å². The highest BCUT2D eigenvalue weighted by Crippen LogP contribution is 2.29. The summed E-state index contributed by atoms with van der Waals surface area (Å²) in [6, 6.07) is 9.21. The first-order valence-corrected chi connectivity index (χ1v) is 9.35. The molecule has 2 rings (SSSR count). The van der Waals surface area contributed by atoms with Crippen molar-refractivity contribution in [3.05, 3.63) is 58.4 Å². The molecule has 0 unspecified atom stereocenters. The molecular formula is C17H19ClFNO4S. The molecule has 0 spiro atoms. The van der Waals surface area contributed by atoms with Gasteiger partial charge in [0.2, 0.25) is 10.0 Å². The fourth-order valence-electron chi connectivity index (χ4n) is 2.30. The number of nitrogens with zero attached hydrogens (tertiary/aromatic N) is 1. The van der Waals surface area contributed by atoms with Crippen LogP contribution in [0, 0.1) is 5.82 Å². The van der Waals surface area contributed by atoms with Gasteiger partial charge in [0.25, 0.3) is 0 Å². The third kappa shape index (κ3) is 4.62. The van der Waals surface area contributed by atoms with Gasteiger partial charge in [0.1, 0.15) is 5.82 Å². The molecule has 0 heterocycles. The number of methoxy groups -OCH3 is 2. The van der Waals surface area contributed by atoms with Crippen LogP contribution in [0.25, 0.3) is 0 Å². The van der Waals surface area contributed by atoms with Crippen molar-refractivity contribution in [1.82, 2.24) is 4.31 Å². The molecular weight excluding hydrogens is 369 g/mol. The molecule has 5 nitrogen and oxygen atoms in total. The SMILES string of the molecule is COc1ccc(CN(C)S(=O)(=O)Cc2c(F)cccc2Cl)cc1OC. The predicted molar refractivity (Wildman–Crippen MR) is 95.0 cm³/mol. The van der Waals surface area contributed by atoms with Gasteiger partial charge in [-0.25, -0.2) is 17.1 Å². The molecule has 0 aliphatic carbocycles. The highest BCUT2D eigenvalue weighted by Gasteiger charge is 2.22. The normalized spacial score (nSPS) is 11.6. The lowest BCUT2D eigenvalue weighted by Crippen LogP contribution is -2.28. The fraction of sp³-hybridized carbons (Fsp3) is 0.294. The van der Waals surface area contributed by atoms with Gasteiger partial charge in [-0.3, -0.25) is 0 Å². The quantitative estimate of drug-likeness (QED) is 0.730. The minimum absolute atomic E-state index is 0.0386. The van der Waals surface area contributed by atoms with Crippen LogP contribution < -0.4 is 9.47 Å². The van der Waals surface area contributed by atoms with Gasteiger partial charge >= 0.3 is 0 Å².